The summed E-state index contributed by atoms with van der Waals surface area (Å²) in [7, 11) is -1.64. The predicted molar refractivity (Wildman–Crippen MR) is 35.1 cm³/mol. The van der Waals surface area contributed by atoms with Gasteiger partial charge >= 0.3 is 7.32 Å². The monoisotopic (exact) mass is 146 g/mol. The molecule has 0 aromatic heterocycles. The van der Waals surface area contributed by atoms with Gasteiger partial charge in [0.15, 0.2) is 0 Å². The molecule has 0 spiro atoms. The topological polar surface area (TPSA) is 58.9 Å². The fourth-order valence-corrected chi connectivity index (χ4v) is 0.984. The van der Waals surface area contributed by atoms with E-state index in [2.05, 4.69) is 0 Å². The number of ether oxygens (including phenoxy) is 1. The molecule has 0 aliphatic carbocycles. The Morgan fingerprint density at radius 2 is 1.90 bits per heavy atom. The highest BCUT2D eigenvalue weighted by Gasteiger charge is 2.20. The van der Waals surface area contributed by atoms with E-state index in [0.717, 1.165) is 12.8 Å². The number of hydrogen-bond donors (Lipinski definition) is 2. The minimum Gasteiger partial charge on any atom is -0.402 e. The van der Waals surface area contributed by atoms with Gasteiger partial charge in [-0.1, -0.05) is 0 Å². The van der Waals surface area contributed by atoms with Gasteiger partial charge in [0.25, 0.3) is 0 Å². The van der Waals surface area contributed by atoms with Crippen molar-refractivity contribution in [1.82, 2.24) is 0 Å². The van der Waals surface area contributed by atoms with Crippen LogP contribution in [0, 0.1) is 0 Å². The molecule has 0 radical (unpaired) electrons. The van der Waals surface area contributed by atoms with E-state index in [1.807, 2.05) is 0 Å². The van der Waals surface area contributed by atoms with Gasteiger partial charge in [-0.3, -0.25) is 0 Å². The molecule has 10 heavy (non-hydrogen) atoms. The largest absolute Gasteiger partial charge is 0.634 e. The number of hydrogen-bond acceptors (Lipinski definition) is 4. The van der Waals surface area contributed by atoms with Gasteiger partial charge in [-0.15, -0.1) is 0 Å². The SMILES string of the molecule is OB(O)OC1CCOCC1. The Hall–Kier alpha value is -0.0951. The van der Waals surface area contributed by atoms with E-state index in [1.165, 1.54) is 0 Å². The normalized spacial score (nSPS) is 21.0. The molecular formula is C5H11BO4. The van der Waals surface area contributed by atoms with E-state index in [0.29, 0.717) is 13.2 Å². The fourth-order valence-electron chi connectivity index (χ4n) is 0.984. The third-order valence-electron chi connectivity index (χ3n) is 1.48. The maximum atomic E-state index is 8.40. The first-order valence-electron chi connectivity index (χ1n) is 3.38. The smallest absolute Gasteiger partial charge is 0.402 e. The summed E-state index contributed by atoms with van der Waals surface area (Å²) in [5.74, 6) is 0. The van der Waals surface area contributed by atoms with Crippen LogP contribution in [0.3, 0.4) is 0 Å². The van der Waals surface area contributed by atoms with Crippen molar-refractivity contribution in [3.8, 4) is 0 Å². The fraction of sp³-hybridized carbons (Fsp3) is 1.00. The van der Waals surface area contributed by atoms with E-state index in [9.17, 15) is 0 Å². The van der Waals surface area contributed by atoms with Crippen molar-refractivity contribution in [2.24, 2.45) is 0 Å². The van der Waals surface area contributed by atoms with E-state index >= 15 is 0 Å². The average Bonchev–Trinajstić information content (AvgIpc) is 1.88. The van der Waals surface area contributed by atoms with Crippen molar-refractivity contribution in [3.63, 3.8) is 0 Å². The quantitative estimate of drug-likeness (QED) is 0.498. The molecule has 0 aromatic rings. The second kappa shape index (κ2) is 3.93. The van der Waals surface area contributed by atoms with Crippen LogP contribution < -0.4 is 0 Å². The zero-order chi connectivity index (χ0) is 7.40. The Morgan fingerprint density at radius 1 is 1.30 bits per heavy atom. The van der Waals surface area contributed by atoms with Crippen LogP contribution in [0.25, 0.3) is 0 Å². The molecule has 2 N–H and O–H groups in total. The van der Waals surface area contributed by atoms with Gasteiger partial charge in [0.2, 0.25) is 0 Å². The van der Waals surface area contributed by atoms with Crippen LogP contribution in [0.4, 0.5) is 0 Å². The van der Waals surface area contributed by atoms with Crippen molar-refractivity contribution < 1.29 is 19.4 Å². The van der Waals surface area contributed by atoms with Crippen LogP contribution in [0.5, 0.6) is 0 Å². The average molecular weight is 146 g/mol. The Kier molecular flexibility index (Phi) is 3.14. The van der Waals surface area contributed by atoms with Gasteiger partial charge in [0, 0.05) is 19.3 Å². The summed E-state index contributed by atoms with van der Waals surface area (Å²) in [6.07, 6.45) is 1.45. The lowest BCUT2D eigenvalue weighted by molar-refractivity contribution is 0.00552. The zero-order valence-electron chi connectivity index (χ0n) is 5.69. The first-order valence-corrected chi connectivity index (χ1v) is 3.38. The highest BCUT2D eigenvalue weighted by molar-refractivity contribution is 6.32. The molecule has 4 nitrogen and oxygen atoms in total. The first kappa shape index (κ1) is 8.01. The van der Waals surface area contributed by atoms with Gasteiger partial charge < -0.3 is 19.4 Å². The Morgan fingerprint density at radius 3 is 2.40 bits per heavy atom. The molecule has 1 fully saturated rings. The van der Waals surface area contributed by atoms with Crippen LogP contribution >= 0.6 is 0 Å². The standard InChI is InChI=1S/C5H11BO4/c7-6(8)10-5-1-3-9-4-2-5/h5,7-8H,1-4H2. The summed E-state index contributed by atoms with van der Waals surface area (Å²) in [5.41, 5.74) is 0. The van der Waals surface area contributed by atoms with Crippen molar-refractivity contribution >= 4 is 7.32 Å². The van der Waals surface area contributed by atoms with Crippen molar-refractivity contribution in [3.05, 3.63) is 0 Å². The highest BCUT2D eigenvalue weighted by Crippen LogP contribution is 2.09. The summed E-state index contributed by atoms with van der Waals surface area (Å²) in [4.78, 5) is 0. The molecule has 0 amide bonds. The molecule has 0 atom stereocenters. The predicted octanol–water partition coefficient (Wildman–Crippen LogP) is -0.849. The van der Waals surface area contributed by atoms with E-state index < -0.39 is 7.32 Å². The Balaban J connectivity index is 2.13. The molecule has 1 heterocycles. The Bertz CT molecular complexity index is 91.6. The van der Waals surface area contributed by atoms with Gasteiger partial charge in [-0.2, -0.15) is 0 Å². The van der Waals surface area contributed by atoms with E-state index in [4.69, 9.17) is 19.4 Å². The van der Waals surface area contributed by atoms with Crippen LogP contribution in [0.1, 0.15) is 12.8 Å². The molecule has 5 heteroatoms. The summed E-state index contributed by atoms with van der Waals surface area (Å²) in [6.45, 7) is 1.30. The van der Waals surface area contributed by atoms with E-state index in [-0.39, 0.29) is 6.10 Å². The summed E-state index contributed by atoms with van der Waals surface area (Å²) < 4.78 is 9.76. The van der Waals surface area contributed by atoms with Crippen molar-refractivity contribution in [1.29, 1.82) is 0 Å². The molecule has 0 aromatic carbocycles. The molecule has 58 valence electrons. The van der Waals surface area contributed by atoms with Crippen LogP contribution in [0.2, 0.25) is 0 Å². The molecule has 0 unspecified atom stereocenters. The molecular weight excluding hydrogens is 135 g/mol. The molecule has 0 saturated carbocycles. The van der Waals surface area contributed by atoms with Gasteiger partial charge in [-0.05, 0) is 12.8 Å². The summed E-state index contributed by atoms with van der Waals surface area (Å²) in [6, 6.07) is 0. The summed E-state index contributed by atoms with van der Waals surface area (Å²) in [5, 5.41) is 16.8. The van der Waals surface area contributed by atoms with Crippen molar-refractivity contribution in [2.45, 2.75) is 18.9 Å². The maximum Gasteiger partial charge on any atom is 0.634 e. The van der Waals surface area contributed by atoms with Crippen LogP contribution in [-0.4, -0.2) is 36.7 Å². The lowest BCUT2D eigenvalue weighted by Gasteiger charge is -2.21. The third kappa shape index (κ3) is 2.66. The molecule has 1 saturated heterocycles. The summed E-state index contributed by atoms with van der Waals surface area (Å²) >= 11 is 0. The minimum absolute atomic E-state index is 0.0475. The first-order chi connectivity index (χ1) is 4.79. The van der Waals surface area contributed by atoms with Crippen LogP contribution in [-0.2, 0) is 9.39 Å². The molecule has 1 aliphatic heterocycles. The van der Waals surface area contributed by atoms with Gasteiger partial charge in [-0.25, -0.2) is 0 Å². The maximum absolute atomic E-state index is 8.40. The van der Waals surface area contributed by atoms with Gasteiger partial charge in [0.1, 0.15) is 0 Å². The van der Waals surface area contributed by atoms with E-state index in [1.54, 1.807) is 0 Å². The molecule has 1 rings (SSSR count). The van der Waals surface area contributed by atoms with Crippen LogP contribution in [0.15, 0.2) is 0 Å². The zero-order valence-corrected chi connectivity index (χ0v) is 5.69. The highest BCUT2D eigenvalue weighted by atomic mass is 16.6. The second-order valence-corrected chi connectivity index (χ2v) is 2.27. The minimum atomic E-state index is -1.64. The third-order valence-corrected chi connectivity index (χ3v) is 1.48. The van der Waals surface area contributed by atoms with Gasteiger partial charge in [0.05, 0.1) is 0 Å². The lowest BCUT2D eigenvalue weighted by Crippen LogP contribution is -2.30. The second-order valence-electron chi connectivity index (χ2n) is 2.27. The molecule has 1 aliphatic rings. The number of rotatable bonds is 2. The molecule has 0 bridgehead atoms. The Labute approximate surface area is 59.9 Å². The van der Waals surface area contributed by atoms with Crippen molar-refractivity contribution in [2.75, 3.05) is 13.2 Å². The lowest BCUT2D eigenvalue weighted by atomic mass is 10.1.